The van der Waals surface area contributed by atoms with E-state index in [1.165, 1.54) is 12.0 Å². The standard InChI is InChI=1S/C13H19N3/c1-3-5-12-6-8-15(10-12)11-16-9-7-14-13(16)4-2/h6-10H,3-5,11H2,1-2H3. The number of hydrogen-bond acceptors (Lipinski definition) is 1. The van der Waals surface area contributed by atoms with E-state index in [0.717, 1.165) is 25.3 Å². The van der Waals surface area contributed by atoms with Crippen molar-refractivity contribution in [3.8, 4) is 0 Å². The maximum atomic E-state index is 4.32. The number of hydrogen-bond donors (Lipinski definition) is 0. The van der Waals surface area contributed by atoms with Crippen molar-refractivity contribution in [3.63, 3.8) is 0 Å². The molecule has 0 unspecified atom stereocenters. The minimum Gasteiger partial charge on any atom is -0.336 e. The van der Waals surface area contributed by atoms with Crippen LogP contribution in [0.1, 0.15) is 31.7 Å². The lowest BCUT2D eigenvalue weighted by atomic mass is 10.2. The Kier molecular flexibility index (Phi) is 3.44. The van der Waals surface area contributed by atoms with Gasteiger partial charge in [-0.15, -0.1) is 0 Å². The van der Waals surface area contributed by atoms with Gasteiger partial charge in [0, 0.05) is 31.2 Å². The molecule has 2 aromatic heterocycles. The molecule has 0 bridgehead atoms. The Hall–Kier alpha value is -1.51. The zero-order valence-electron chi connectivity index (χ0n) is 10.1. The summed E-state index contributed by atoms with van der Waals surface area (Å²) >= 11 is 0. The smallest absolute Gasteiger partial charge is 0.109 e. The van der Waals surface area contributed by atoms with Crippen LogP contribution in [0, 0.1) is 0 Å². The Morgan fingerprint density at radius 1 is 1.25 bits per heavy atom. The van der Waals surface area contributed by atoms with Gasteiger partial charge in [0.25, 0.3) is 0 Å². The average molecular weight is 217 g/mol. The molecule has 86 valence electrons. The second-order valence-corrected chi connectivity index (χ2v) is 4.09. The minimum absolute atomic E-state index is 0.868. The molecule has 16 heavy (non-hydrogen) atoms. The Balaban J connectivity index is 2.08. The molecule has 0 fully saturated rings. The fourth-order valence-electron chi connectivity index (χ4n) is 1.97. The number of aryl methyl sites for hydroxylation is 2. The minimum atomic E-state index is 0.868. The molecular formula is C13H19N3. The van der Waals surface area contributed by atoms with E-state index in [4.69, 9.17) is 0 Å². The Labute approximate surface area is 96.7 Å². The summed E-state index contributed by atoms with van der Waals surface area (Å²) in [6.07, 6.45) is 11.6. The fourth-order valence-corrected chi connectivity index (χ4v) is 1.97. The van der Waals surface area contributed by atoms with Gasteiger partial charge in [0.1, 0.15) is 5.82 Å². The Morgan fingerprint density at radius 2 is 2.12 bits per heavy atom. The van der Waals surface area contributed by atoms with Crippen molar-refractivity contribution in [1.82, 2.24) is 14.1 Å². The second-order valence-electron chi connectivity index (χ2n) is 4.09. The van der Waals surface area contributed by atoms with Crippen LogP contribution in [0.25, 0.3) is 0 Å². The predicted octanol–water partition coefficient (Wildman–Crippen LogP) is 2.71. The largest absolute Gasteiger partial charge is 0.336 e. The maximum Gasteiger partial charge on any atom is 0.109 e. The molecule has 2 rings (SSSR count). The molecule has 3 heteroatoms. The highest BCUT2D eigenvalue weighted by molar-refractivity contribution is 5.10. The van der Waals surface area contributed by atoms with Crippen molar-refractivity contribution in [2.75, 3.05) is 0 Å². The summed E-state index contributed by atoms with van der Waals surface area (Å²) < 4.78 is 4.40. The number of imidazole rings is 1. The first-order valence-corrected chi connectivity index (χ1v) is 5.98. The summed E-state index contributed by atoms with van der Waals surface area (Å²) in [5, 5.41) is 0. The lowest BCUT2D eigenvalue weighted by molar-refractivity contribution is 0.584. The number of aromatic nitrogens is 3. The molecule has 0 amide bonds. The maximum absolute atomic E-state index is 4.32. The molecule has 0 radical (unpaired) electrons. The van der Waals surface area contributed by atoms with Gasteiger partial charge in [-0.25, -0.2) is 4.98 Å². The van der Waals surface area contributed by atoms with Gasteiger partial charge < -0.3 is 9.13 Å². The van der Waals surface area contributed by atoms with Gasteiger partial charge in [-0.3, -0.25) is 0 Å². The normalized spacial score (nSPS) is 10.9. The monoisotopic (exact) mass is 217 g/mol. The summed E-state index contributed by atoms with van der Waals surface area (Å²) in [5.74, 6) is 1.14. The average Bonchev–Trinajstić information content (AvgIpc) is 2.89. The third-order valence-electron chi connectivity index (χ3n) is 2.78. The third-order valence-corrected chi connectivity index (χ3v) is 2.78. The predicted molar refractivity (Wildman–Crippen MR) is 65.4 cm³/mol. The van der Waals surface area contributed by atoms with Gasteiger partial charge in [-0.05, 0) is 18.1 Å². The van der Waals surface area contributed by atoms with Crippen molar-refractivity contribution in [2.24, 2.45) is 0 Å². The summed E-state index contributed by atoms with van der Waals surface area (Å²) in [6.45, 7) is 5.21. The molecule has 0 aromatic carbocycles. The quantitative estimate of drug-likeness (QED) is 0.755. The van der Waals surface area contributed by atoms with Crippen LogP contribution in [0.5, 0.6) is 0 Å². The first-order chi connectivity index (χ1) is 7.83. The molecule has 0 atom stereocenters. The van der Waals surface area contributed by atoms with Crippen LogP contribution in [0.2, 0.25) is 0 Å². The highest BCUT2D eigenvalue weighted by Crippen LogP contribution is 2.06. The van der Waals surface area contributed by atoms with Crippen LogP contribution in [-0.2, 0) is 19.5 Å². The van der Waals surface area contributed by atoms with Gasteiger partial charge in [0.15, 0.2) is 0 Å². The molecule has 0 saturated heterocycles. The Bertz CT molecular complexity index is 439. The van der Waals surface area contributed by atoms with Crippen LogP contribution >= 0.6 is 0 Å². The highest BCUT2D eigenvalue weighted by Gasteiger charge is 2.01. The van der Waals surface area contributed by atoms with E-state index in [1.807, 2.05) is 12.4 Å². The second kappa shape index (κ2) is 5.01. The molecule has 0 aliphatic carbocycles. The van der Waals surface area contributed by atoms with Crippen LogP contribution < -0.4 is 0 Å². The zero-order chi connectivity index (χ0) is 11.4. The highest BCUT2D eigenvalue weighted by atomic mass is 15.2. The van der Waals surface area contributed by atoms with Crippen LogP contribution in [0.4, 0.5) is 0 Å². The molecule has 0 N–H and O–H groups in total. The fraction of sp³-hybridized carbons (Fsp3) is 0.462. The summed E-state index contributed by atoms with van der Waals surface area (Å²) in [5.41, 5.74) is 1.42. The topological polar surface area (TPSA) is 22.8 Å². The van der Waals surface area contributed by atoms with E-state index in [2.05, 4.69) is 46.4 Å². The van der Waals surface area contributed by atoms with Gasteiger partial charge in [0.05, 0.1) is 6.67 Å². The van der Waals surface area contributed by atoms with E-state index < -0.39 is 0 Å². The van der Waals surface area contributed by atoms with Crippen molar-refractivity contribution in [3.05, 3.63) is 42.2 Å². The number of rotatable bonds is 5. The summed E-state index contributed by atoms with van der Waals surface area (Å²) in [6, 6.07) is 2.20. The van der Waals surface area contributed by atoms with Crippen molar-refractivity contribution in [2.45, 2.75) is 39.8 Å². The van der Waals surface area contributed by atoms with Crippen LogP contribution in [0.15, 0.2) is 30.9 Å². The number of nitrogens with zero attached hydrogens (tertiary/aromatic N) is 3. The first kappa shape index (κ1) is 11.0. The van der Waals surface area contributed by atoms with Crippen LogP contribution in [0.3, 0.4) is 0 Å². The van der Waals surface area contributed by atoms with Crippen molar-refractivity contribution in [1.29, 1.82) is 0 Å². The molecule has 3 nitrogen and oxygen atoms in total. The molecule has 0 saturated carbocycles. The lowest BCUT2D eigenvalue weighted by Gasteiger charge is -2.07. The van der Waals surface area contributed by atoms with Crippen molar-refractivity contribution >= 4 is 0 Å². The van der Waals surface area contributed by atoms with E-state index in [0.29, 0.717) is 0 Å². The summed E-state index contributed by atoms with van der Waals surface area (Å²) in [4.78, 5) is 4.32. The van der Waals surface area contributed by atoms with Crippen LogP contribution in [-0.4, -0.2) is 14.1 Å². The van der Waals surface area contributed by atoms with Gasteiger partial charge in [-0.2, -0.15) is 0 Å². The molecule has 0 spiro atoms. The molecule has 2 heterocycles. The molecule has 0 aliphatic heterocycles. The third kappa shape index (κ3) is 2.35. The van der Waals surface area contributed by atoms with Gasteiger partial charge in [0.2, 0.25) is 0 Å². The van der Waals surface area contributed by atoms with E-state index in [-0.39, 0.29) is 0 Å². The molecule has 2 aromatic rings. The first-order valence-electron chi connectivity index (χ1n) is 5.98. The van der Waals surface area contributed by atoms with Gasteiger partial charge >= 0.3 is 0 Å². The van der Waals surface area contributed by atoms with E-state index in [1.54, 1.807) is 0 Å². The van der Waals surface area contributed by atoms with E-state index >= 15 is 0 Å². The molecule has 0 aliphatic rings. The van der Waals surface area contributed by atoms with Crippen molar-refractivity contribution < 1.29 is 0 Å². The SMILES string of the molecule is CCCc1ccn(Cn2ccnc2CC)c1. The Morgan fingerprint density at radius 3 is 2.88 bits per heavy atom. The van der Waals surface area contributed by atoms with Gasteiger partial charge in [-0.1, -0.05) is 20.3 Å². The summed E-state index contributed by atoms with van der Waals surface area (Å²) in [7, 11) is 0. The van der Waals surface area contributed by atoms with E-state index in [9.17, 15) is 0 Å². The zero-order valence-corrected chi connectivity index (χ0v) is 10.1. The lowest BCUT2D eigenvalue weighted by Crippen LogP contribution is -2.08. The molecular weight excluding hydrogens is 198 g/mol.